The maximum Gasteiger partial charge on any atom is 0.0621 e. The van der Waals surface area contributed by atoms with E-state index < -0.39 is 0 Å². The van der Waals surface area contributed by atoms with E-state index >= 15 is 0 Å². The molecule has 2 atom stereocenters. The largest absolute Gasteiger partial charge is 0.316 e. The first kappa shape index (κ1) is 16.8. The van der Waals surface area contributed by atoms with Crippen LogP contribution in [0.25, 0.3) is 0 Å². The third-order valence-electron chi connectivity index (χ3n) is 4.85. The van der Waals surface area contributed by atoms with E-state index in [9.17, 15) is 0 Å². The summed E-state index contributed by atoms with van der Waals surface area (Å²) in [5, 5.41) is 4.44. The Bertz CT molecular complexity index is 445. The van der Waals surface area contributed by atoms with Gasteiger partial charge in [-0.3, -0.25) is 4.98 Å². The predicted octanol–water partition coefficient (Wildman–Crippen LogP) is 4.72. The maximum atomic E-state index is 6.31. The Balaban J connectivity index is 2.04. The molecular weight excluding hydrogens is 280 g/mol. The number of rotatable bonds is 6. The molecule has 0 spiro atoms. The number of nitrogens with zero attached hydrogens (tertiary/aromatic N) is 1. The quantitative estimate of drug-likeness (QED) is 0.769. The second-order valence-corrected chi connectivity index (χ2v) is 7.71. The Morgan fingerprint density at radius 1 is 1.38 bits per heavy atom. The molecule has 0 bridgehead atoms. The fourth-order valence-electron chi connectivity index (χ4n) is 3.61. The van der Waals surface area contributed by atoms with Gasteiger partial charge in [-0.15, -0.1) is 0 Å². The average molecular weight is 309 g/mol. The third kappa shape index (κ3) is 4.96. The van der Waals surface area contributed by atoms with Crippen LogP contribution in [0.4, 0.5) is 0 Å². The van der Waals surface area contributed by atoms with Crippen LogP contribution >= 0.6 is 11.6 Å². The normalized spacial score (nSPS) is 25.0. The van der Waals surface area contributed by atoms with Crippen molar-refractivity contribution in [1.29, 1.82) is 0 Å². The van der Waals surface area contributed by atoms with Crippen LogP contribution in [-0.4, -0.2) is 18.1 Å². The van der Waals surface area contributed by atoms with Crippen LogP contribution in [0.3, 0.4) is 0 Å². The van der Waals surface area contributed by atoms with Gasteiger partial charge in [0.05, 0.1) is 5.02 Å². The smallest absolute Gasteiger partial charge is 0.0621 e. The second-order valence-electron chi connectivity index (χ2n) is 7.30. The van der Waals surface area contributed by atoms with Crippen LogP contribution in [0, 0.1) is 17.3 Å². The zero-order valence-corrected chi connectivity index (χ0v) is 14.4. The molecule has 2 nitrogen and oxygen atoms in total. The van der Waals surface area contributed by atoms with Gasteiger partial charge in [0, 0.05) is 12.4 Å². The second kappa shape index (κ2) is 7.60. The zero-order valence-electron chi connectivity index (χ0n) is 13.7. The summed E-state index contributed by atoms with van der Waals surface area (Å²) in [6.07, 6.45) is 9.89. The van der Waals surface area contributed by atoms with Crippen molar-refractivity contribution in [2.45, 2.75) is 52.9 Å². The molecule has 1 fully saturated rings. The van der Waals surface area contributed by atoms with Crippen LogP contribution in [-0.2, 0) is 6.42 Å². The molecule has 0 saturated heterocycles. The minimum absolute atomic E-state index is 0.464. The molecule has 2 rings (SSSR count). The van der Waals surface area contributed by atoms with Crippen molar-refractivity contribution in [2.24, 2.45) is 17.3 Å². The molecule has 0 amide bonds. The van der Waals surface area contributed by atoms with Crippen molar-refractivity contribution in [3.63, 3.8) is 0 Å². The molecular formula is C18H29ClN2. The minimum atomic E-state index is 0.464. The van der Waals surface area contributed by atoms with Gasteiger partial charge in [0.15, 0.2) is 0 Å². The van der Waals surface area contributed by atoms with Gasteiger partial charge in [-0.25, -0.2) is 0 Å². The molecule has 1 N–H and O–H groups in total. The van der Waals surface area contributed by atoms with Crippen molar-refractivity contribution >= 4 is 11.6 Å². The fourth-order valence-corrected chi connectivity index (χ4v) is 3.81. The van der Waals surface area contributed by atoms with Crippen LogP contribution < -0.4 is 5.32 Å². The molecule has 21 heavy (non-hydrogen) atoms. The Hall–Kier alpha value is -0.600. The molecule has 1 aromatic heterocycles. The molecule has 1 aliphatic carbocycles. The first-order valence-electron chi connectivity index (χ1n) is 8.31. The number of hydrogen-bond donors (Lipinski definition) is 1. The lowest BCUT2D eigenvalue weighted by atomic mass is 9.65. The van der Waals surface area contributed by atoms with E-state index in [1.807, 2.05) is 6.20 Å². The predicted molar refractivity (Wildman–Crippen MR) is 90.7 cm³/mol. The molecule has 1 aliphatic rings. The molecule has 118 valence electrons. The SMILES string of the molecule is CCCNCC1CCC(C)(C)CC1Cc1ccncc1Cl. The molecule has 0 aliphatic heterocycles. The van der Waals surface area contributed by atoms with Gasteiger partial charge in [-0.05, 0) is 74.1 Å². The van der Waals surface area contributed by atoms with Crippen LogP contribution in [0.15, 0.2) is 18.5 Å². The van der Waals surface area contributed by atoms with E-state index in [4.69, 9.17) is 11.6 Å². The highest BCUT2D eigenvalue weighted by molar-refractivity contribution is 6.31. The average Bonchev–Trinajstić information content (AvgIpc) is 2.43. The first-order valence-corrected chi connectivity index (χ1v) is 8.69. The molecule has 3 heteroatoms. The summed E-state index contributed by atoms with van der Waals surface area (Å²) >= 11 is 6.31. The highest BCUT2D eigenvalue weighted by atomic mass is 35.5. The molecule has 1 saturated carbocycles. The summed E-state index contributed by atoms with van der Waals surface area (Å²) in [5.74, 6) is 1.49. The Morgan fingerprint density at radius 2 is 2.19 bits per heavy atom. The highest BCUT2D eigenvalue weighted by Crippen LogP contribution is 2.43. The van der Waals surface area contributed by atoms with Gasteiger partial charge < -0.3 is 5.32 Å². The van der Waals surface area contributed by atoms with Gasteiger partial charge in [0.25, 0.3) is 0 Å². The number of halogens is 1. The summed E-state index contributed by atoms with van der Waals surface area (Å²) < 4.78 is 0. The number of hydrogen-bond acceptors (Lipinski definition) is 2. The zero-order chi connectivity index (χ0) is 15.3. The number of pyridine rings is 1. The topological polar surface area (TPSA) is 24.9 Å². The fraction of sp³-hybridized carbons (Fsp3) is 0.722. The minimum Gasteiger partial charge on any atom is -0.316 e. The lowest BCUT2D eigenvalue weighted by molar-refractivity contribution is 0.116. The number of aromatic nitrogens is 1. The van der Waals surface area contributed by atoms with Crippen molar-refractivity contribution in [2.75, 3.05) is 13.1 Å². The summed E-state index contributed by atoms with van der Waals surface area (Å²) in [5.41, 5.74) is 1.72. The van der Waals surface area contributed by atoms with Crippen molar-refractivity contribution in [3.05, 3.63) is 29.0 Å². The van der Waals surface area contributed by atoms with E-state index in [2.05, 4.69) is 37.1 Å². The van der Waals surface area contributed by atoms with E-state index in [0.717, 1.165) is 36.4 Å². The van der Waals surface area contributed by atoms with Gasteiger partial charge >= 0.3 is 0 Å². The van der Waals surface area contributed by atoms with Gasteiger partial charge in [0.2, 0.25) is 0 Å². The monoisotopic (exact) mass is 308 g/mol. The molecule has 1 aromatic rings. The lowest BCUT2D eigenvalue weighted by Crippen LogP contribution is -2.37. The van der Waals surface area contributed by atoms with Gasteiger partial charge in [0.1, 0.15) is 0 Å². The van der Waals surface area contributed by atoms with Crippen molar-refractivity contribution in [1.82, 2.24) is 10.3 Å². The van der Waals surface area contributed by atoms with Crippen molar-refractivity contribution in [3.8, 4) is 0 Å². The maximum absolute atomic E-state index is 6.31. The molecule has 0 radical (unpaired) electrons. The summed E-state index contributed by atoms with van der Waals surface area (Å²) in [4.78, 5) is 4.10. The summed E-state index contributed by atoms with van der Waals surface area (Å²) in [7, 11) is 0. The van der Waals surface area contributed by atoms with Crippen LogP contribution in [0.1, 0.15) is 52.0 Å². The van der Waals surface area contributed by atoms with E-state index in [1.54, 1.807) is 6.20 Å². The van der Waals surface area contributed by atoms with Gasteiger partial charge in [-0.1, -0.05) is 32.4 Å². The van der Waals surface area contributed by atoms with E-state index in [0.29, 0.717) is 5.41 Å². The highest BCUT2D eigenvalue weighted by Gasteiger charge is 2.34. The summed E-state index contributed by atoms with van der Waals surface area (Å²) in [6, 6.07) is 2.08. The Morgan fingerprint density at radius 3 is 2.90 bits per heavy atom. The van der Waals surface area contributed by atoms with Gasteiger partial charge in [-0.2, -0.15) is 0 Å². The lowest BCUT2D eigenvalue weighted by Gasteiger charge is -2.41. The van der Waals surface area contributed by atoms with Crippen LogP contribution in [0.5, 0.6) is 0 Å². The molecule has 0 aromatic carbocycles. The van der Waals surface area contributed by atoms with E-state index in [1.165, 1.54) is 31.2 Å². The van der Waals surface area contributed by atoms with Crippen LogP contribution in [0.2, 0.25) is 5.02 Å². The van der Waals surface area contributed by atoms with Crippen molar-refractivity contribution < 1.29 is 0 Å². The van der Waals surface area contributed by atoms with E-state index in [-0.39, 0.29) is 0 Å². The Kier molecular flexibility index (Phi) is 6.07. The molecule has 1 heterocycles. The number of nitrogens with one attached hydrogen (secondary N) is 1. The summed E-state index contributed by atoms with van der Waals surface area (Å²) in [6.45, 7) is 9.32. The standard InChI is InChI=1S/C18H29ClN2/c1-4-8-20-12-15-5-7-18(2,3)11-16(15)10-14-6-9-21-13-17(14)19/h6,9,13,15-16,20H,4-5,7-8,10-12H2,1-3H3. The Labute approximate surface area is 134 Å². The first-order chi connectivity index (χ1) is 10.0. The third-order valence-corrected chi connectivity index (χ3v) is 5.19. The molecule has 2 unspecified atom stereocenters.